The van der Waals surface area contributed by atoms with Crippen molar-refractivity contribution >= 4 is 11.6 Å². The van der Waals surface area contributed by atoms with E-state index < -0.39 is 0 Å². The van der Waals surface area contributed by atoms with Crippen LogP contribution in [0.1, 0.15) is 21.7 Å². The number of nitriles is 1. The molecule has 0 unspecified atom stereocenters. The van der Waals surface area contributed by atoms with E-state index in [4.69, 9.17) is 10.00 Å². The first-order valence-electron chi connectivity index (χ1n) is 6.17. The van der Waals surface area contributed by atoms with Crippen molar-refractivity contribution in [2.75, 3.05) is 12.4 Å². The van der Waals surface area contributed by atoms with E-state index in [1.807, 2.05) is 18.2 Å². The van der Waals surface area contributed by atoms with Gasteiger partial charge in [0, 0.05) is 18.5 Å². The van der Waals surface area contributed by atoms with Gasteiger partial charge in [0.05, 0.1) is 19.1 Å². The largest absolute Gasteiger partial charge is 0.378 e. The zero-order valence-corrected chi connectivity index (χ0v) is 11.1. The lowest BCUT2D eigenvalue weighted by Gasteiger charge is -2.04. The number of aromatic amines is 1. The number of amides is 1. The summed E-state index contributed by atoms with van der Waals surface area (Å²) < 4.78 is 4.99. The van der Waals surface area contributed by atoms with Crippen LogP contribution in [0.15, 0.2) is 36.4 Å². The first kappa shape index (κ1) is 13.8. The molecule has 1 heterocycles. The first-order valence-corrected chi connectivity index (χ1v) is 6.17. The molecule has 1 aromatic carbocycles. The van der Waals surface area contributed by atoms with Crippen LogP contribution in [0.3, 0.4) is 0 Å². The Labute approximate surface area is 117 Å². The number of nitrogens with one attached hydrogen (secondary N) is 2. The molecular formula is C15H15N3O2. The van der Waals surface area contributed by atoms with Crippen molar-refractivity contribution in [3.63, 3.8) is 0 Å². The Hall–Kier alpha value is -2.58. The van der Waals surface area contributed by atoms with E-state index >= 15 is 0 Å². The zero-order chi connectivity index (χ0) is 14.4. The third kappa shape index (κ3) is 3.46. The average molecular weight is 269 g/mol. The Kier molecular flexibility index (Phi) is 4.53. The molecule has 2 aromatic rings. The van der Waals surface area contributed by atoms with Gasteiger partial charge in [0.25, 0.3) is 5.91 Å². The zero-order valence-electron chi connectivity index (χ0n) is 11.1. The first-order chi connectivity index (χ1) is 9.72. The topological polar surface area (TPSA) is 77.9 Å². The van der Waals surface area contributed by atoms with E-state index in [2.05, 4.69) is 16.4 Å². The molecule has 2 rings (SSSR count). The molecule has 5 heteroatoms. The SMILES string of the molecule is COCc1ccc(C(=O)Nc2ccc(CC#N)cc2)[nH]1. The van der Waals surface area contributed by atoms with E-state index in [9.17, 15) is 4.79 Å². The smallest absolute Gasteiger partial charge is 0.272 e. The number of hydrogen-bond acceptors (Lipinski definition) is 3. The quantitative estimate of drug-likeness (QED) is 0.875. The number of H-pyrrole nitrogens is 1. The van der Waals surface area contributed by atoms with Gasteiger partial charge in [-0.3, -0.25) is 4.79 Å². The standard InChI is InChI=1S/C15H15N3O2/c1-20-10-13-6-7-14(17-13)15(19)18-12-4-2-11(3-5-12)8-9-16/h2-7,17H,8,10H2,1H3,(H,18,19). The third-order valence-corrected chi connectivity index (χ3v) is 2.79. The van der Waals surface area contributed by atoms with Gasteiger partial charge in [0.15, 0.2) is 0 Å². The van der Waals surface area contributed by atoms with Gasteiger partial charge < -0.3 is 15.0 Å². The second-order valence-electron chi connectivity index (χ2n) is 4.32. The normalized spacial score (nSPS) is 10.0. The van der Waals surface area contributed by atoms with Crippen LogP contribution in [0.2, 0.25) is 0 Å². The molecule has 0 fully saturated rings. The van der Waals surface area contributed by atoms with Gasteiger partial charge in [-0.2, -0.15) is 5.26 Å². The van der Waals surface area contributed by atoms with Crippen molar-refractivity contribution < 1.29 is 9.53 Å². The molecule has 0 aliphatic rings. The monoisotopic (exact) mass is 269 g/mol. The number of methoxy groups -OCH3 is 1. The van der Waals surface area contributed by atoms with Crippen LogP contribution in [0.25, 0.3) is 0 Å². The van der Waals surface area contributed by atoms with E-state index in [0.29, 0.717) is 24.4 Å². The Morgan fingerprint density at radius 1 is 1.30 bits per heavy atom. The summed E-state index contributed by atoms with van der Waals surface area (Å²) in [6.07, 6.45) is 0.366. The third-order valence-electron chi connectivity index (χ3n) is 2.79. The van der Waals surface area contributed by atoms with Crippen molar-refractivity contribution in [1.29, 1.82) is 5.26 Å². The number of carbonyl (C=O) groups excluding carboxylic acids is 1. The van der Waals surface area contributed by atoms with E-state index in [1.165, 1.54) is 0 Å². The fourth-order valence-electron chi connectivity index (χ4n) is 1.81. The molecular weight excluding hydrogens is 254 g/mol. The van der Waals surface area contributed by atoms with Crippen LogP contribution >= 0.6 is 0 Å². The molecule has 0 saturated heterocycles. The van der Waals surface area contributed by atoms with Crippen molar-refractivity contribution in [2.24, 2.45) is 0 Å². The summed E-state index contributed by atoms with van der Waals surface area (Å²) in [7, 11) is 1.60. The number of carbonyl (C=O) groups is 1. The lowest BCUT2D eigenvalue weighted by molar-refractivity contribution is 0.102. The summed E-state index contributed by atoms with van der Waals surface area (Å²) in [4.78, 5) is 15.0. The maximum Gasteiger partial charge on any atom is 0.272 e. The summed E-state index contributed by atoms with van der Waals surface area (Å²) in [5.41, 5.74) is 2.95. The molecule has 5 nitrogen and oxygen atoms in total. The highest BCUT2D eigenvalue weighted by Gasteiger charge is 2.08. The maximum atomic E-state index is 12.0. The molecule has 0 aliphatic heterocycles. The fraction of sp³-hybridized carbons (Fsp3) is 0.200. The van der Waals surface area contributed by atoms with Crippen molar-refractivity contribution in [1.82, 2.24) is 4.98 Å². The highest BCUT2D eigenvalue weighted by Crippen LogP contribution is 2.12. The molecule has 0 aliphatic carbocycles. The number of hydrogen-bond donors (Lipinski definition) is 2. The van der Waals surface area contributed by atoms with Gasteiger partial charge in [-0.05, 0) is 29.8 Å². The Morgan fingerprint density at radius 2 is 2.05 bits per heavy atom. The van der Waals surface area contributed by atoms with Crippen molar-refractivity contribution in [2.45, 2.75) is 13.0 Å². The van der Waals surface area contributed by atoms with Gasteiger partial charge >= 0.3 is 0 Å². The molecule has 0 spiro atoms. The highest BCUT2D eigenvalue weighted by molar-refractivity contribution is 6.03. The predicted molar refractivity (Wildman–Crippen MR) is 75.2 cm³/mol. The lowest BCUT2D eigenvalue weighted by atomic mass is 10.1. The Bertz CT molecular complexity index is 623. The molecule has 0 radical (unpaired) electrons. The Balaban J connectivity index is 2.01. The number of benzene rings is 1. The summed E-state index contributed by atoms with van der Waals surface area (Å²) in [5, 5.41) is 11.4. The number of rotatable bonds is 5. The summed E-state index contributed by atoms with van der Waals surface area (Å²) in [5.74, 6) is -0.208. The predicted octanol–water partition coefficient (Wildman–Crippen LogP) is 2.48. The minimum atomic E-state index is -0.208. The molecule has 0 atom stereocenters. The van der Waals surface area contributed by atoms with Gasteiger partial charge in [0.1, 0.15) is 5.69 Å². The van der Waals surface area contributed by atoms with Crippen LogP contribution in [-0.2, 0) is 17.8 Å². The van der Waals surface area contributed by atoms with Crippen molar-refractivity contribution in [3.05, 3.63) is 53.3 Å². The molecule has 0 saturated carbocycles. The number of aromatic nitrogens is 1. The summed E-state index contributed by atoms with van der Waals surface area (Å²) >= 11 is 0. The van der Waals surface area contributed by atoms with Gasteiger partial charge in [-0.1, -0.05) is 12.1 Å². The average Bonchev–Trinajstić information content (AvgIpc) is 2.90. The van der Waals surface area contributed by atoms with Crippen molar-refractivity contribution in [3.8, 4) is 6.07 Å². The van der Waals surface area contributed by atoms with Crippen LogP contribution in [-0.4, -0.2) is 18.0 Å². The second-order valence-corrected chi connectivity index (χ2v) is 4.32. The van der Waals surface area contributed by atoms with E-state index in [1.54, 1.807) is 25.3 Å². The highest BCUT2D eigenvalue weighted by atomic mass is 16.5. The molecule has 20 heavy (non-hydrogen) atoms. The maximum absolute atomic E-state index is 12.0. The van der Waals surface area contributed by atoms with Crippen LogP contribution in [0, 0.1) is 11.3 Å². The van der Waals surface area contributed by atoms with Crippen LogP contribution in [0.5, 0.6) is 0 Å². The molecule has 2 N–H and O–H groups in total. The van der Waals surface area contributed by atoms with Crippen LogP contribution < -0.4 is 5.32 Å². The molecule has 1 aromatic heterocycles. The molecule has 102 valence electrons. The number of nitrogens with zero attached hydrogens (tertiary/aromatic N) is 1. The molecule has 0 bridgehead atoms. The van der Waals surface area contributed by atoms with Gasteiger partial charge in [0.2, 0.25) is 0 Å². The lowest BCUT2D eigenvalue weighted by Crippen LogP contribution is -2.12. The van der Waals surface area contributed by atoms with E-state index in [-0.39, 0.29) is 5.91 Å². The second kappa shape index (κ2) is 6.55. The fourth-order valence-corrected chi connectivity index (χ4v) is 1.81. The number of anilines is 1. The van der Waals surface area contributed by atoms with E-state index in [0.717, 1.165) is 11.3 Å². The minimum absolute atomic E-state index is 0.208. The minimum Gasteiger partial charge on any atom is -0.378 e. The number of ether oxygens (including phenoxy) is 1. The molecule has 1 amide bonds. The summed E-state index contributed by atoms with van der Waals surface area (Å²) in [6.45, 7) is 0.441. The van der Waals surface area contributed by atoms with Gasteiger partial charge in [-0.25, -0.2) is 0 Å². The Morgan fingerprint density at radius 3 is 2.70 bits per heavy atom. The van der Waals surface area contributed by atoms with Gasteiger partial charge in [-0.15, -0.1) is 0 Å². The summed E-state index contributed by atoms with van der Waals surface area (Å²) in [6, 6.07) is 12.8. The van der Waals surface area contributed by atoms with Crippen LogP contribution in [0.4, 0.5) is 5.69 Å².